The zero-order chi connectivity index (χ0) is 28.9. The molecule has 13 heteroatoms. The van der Waals surface area contributed by atoms with Gasteiger partial charge in [-0.05, 0) is 40.0 Å². The SMILES string of the molecule is CC(C)(C)Nc1nc(C(C)(C)C)c(-c2nc(N3CCOCC3)c3ncn(C4CCCCO4)c3n2)c(C(F)(F)F)n1. The quantitative estimate of drug-likeness (QED) is 0.451. The van der Waals surface area contributed by atoms with E-state index < -0.39 is 22.8 Å². The highest BCUT2D eigenvalue weighted by Crippen LogP contribution is 2.42. The number of aromatic nitrogens is 6. The highest BCUT2D eigenvalue weighted by Gasteiger charge is 2.42. The monoisotopic (exact) mass is 562 g/mol. The molecule has 0 aliphatic carbocycles. The van der Waals surface area contributed by atoms with Crippen LogP contribution in [0.3, 0.4) is 0 Å². The molecule has 1 atom stereocenters. The number of anilines is 2. The van der Waals surface area contributed by atoms with E-state index in [1.807, 2.05) is 51.0 Å². The number of hydrogen-bond acceptors (Lipinski definition) is 9. The number of imidazole rings is 1. The van der Waals surface area contributed by atoms with Gasteiger partial charge in [0.1, 0.15) is 6.23 Å². The van der Waals surface area contributed by atoms with Crippen molar-refractivity contribution >= 4 is 22.9 Å². The molecule has 218 valence electrons. The van der Waals surface area contributed by atoms with Crippen LogP contribution in [0.1, 0.15) is 78.4 Å². The number of morpholine rings is 1. The third-order valence-corrected chi connectivity index (χ3v) is 6.78. The van der Waals surface area contributed by atoms with Crippen molar-refractivity contribution in [1.29, 1.82) is 0 Å². The summed E-state index contributed by atoms with van der Waals surface area (Å²) in [4.78, 5) is 24.7. The minimum Gasteiger partial charge on any atom is -0.378 e. The number of nitrogens with one attached hydrogen (secondary N) is 1. The van der Waals surface area contributed by atoms with E-state index in [0.717, 1.165) is 19.3 Å². The van der Waals surface area contributed by atoms with E-state index in [9.17, 15) is 13.2 Å². The fraction of sp³-hybridized carbons (Fsp3) is 0.667. The molecular formula is C27H37F3N8O2. The normalized spacial score (nSPS) is 19.3. The van der Waals surface area contributed by atoms with Crippen LogP contribution in [0.2, 0.25) is 0 Å². The minimum absolute atomic E-state index is 0.0916. The summed E-state index contributed by atoms with van der Waals surface area (Å²) in [6, 6.07) is 0. The van der Waals surface area contributed by atoms with Gasteiger partial charge in [-0.15, -0.1) is 0 Å². The van der Waals surface area contributed by atoms with Crippen LogP contribution in [-0.2, 0) is 21.1 Å². The van der Waals surface area contributed by atoms with Crippen LogP contribution in [0.15, 0.2) is 6.33 Å². The molecule has 1 N–H and O–H groups in total. The standard InChI is InChI=1S/C27H37F3N8O2/c1-25(2,3)19-17(20(27(28,29)30)33-24(32-19)36-26(4,5)6)21-34-22(37-10-13-39-14-11-37)18-23(35-21)38(15-31-18)16-9-7-8-12-40-16/h15-16H,7-14H2,1-6H3,(H,32,33,36). The Kier molecular flexibility index (Phi) is 7.40. The summed E-state index contributed by atoms with van der Waals surface area (Å²) in [7, 11) is 0. The molecule has 2 aliphatic heterocycles. The topological polar surface area (TPSA) is 103 Å². The molecule has 3 aromatic heterocycles. The lowest BCUT2D eigenvalue weighted by Gasteiger charge is -2.30. The number of rotatable bonds is 4. The van der Waals surface area contributed by atoms with E-state index in [0.29, 0.717) is 49.9 Å². The summed E-state index contributed by atoms with van der Waals surface area (Å²) >= 11 is 0. The molecule has 40 heavy (non-hydrogen) atoms. The number of ether oxygens (including phenoxy) is 2. The minimum atomic E-state index is -4.78. The van der Waals surface area contributed by atoms with Gasteiger partial charge in [-0.25, -0.2) is 24.9 Å². The molecule has 5 rings (SSSR count). The highest BCUT2D eigenvalue weighted by atomic mass is 19.4. The molecule has 0 amide bonds. The zero-order valence-electron chi connectivity index (χ0n) is 23.9. The zero-order valence-corrected chi connectivity index (χ0v) is 23.9. The molecular weight excluding hydrogens is 525 g/mol. The first-order valence-electron chi connectivity index (χ1n) is 13.7. The van der Waals surface area contributed by atoms with Crippen LogP contribution >= 0.6 is 0 Å². The predicted octanol–water partition coefficient (Wildman–Crippen LogP) is 5.35. The Bertz CT molecular complexity index is 1330. The van der Waals surface area contributed by atoms with E-state index in [1.165, 1.54) is 0 Å². The van der Waals surface area contributed by atoms with Gasteiger partial charge < -0.3 is 19.7 Å². The molecule has 2 aliphatic rings. The maximum atomic E-state index is 14.8. The Morgan fingerprint density at radius 1 is 0.900 bits per heavy atom. The van der Waals surface area contributed by atoms with Crippen molar-refractivity contribution in [3.05, 3.63) is 17.7 Å². The molecule has 0 spiro atoms. The van der Waals surface area contributed by atoms with Gasteiger partial charge in [0.05, 0.1) is 30.8 Å². The third kappa shape index (κ3) is 5.85. The van der Waals surface area contributed by atoms with Gasteiger partial charge in [-0.3, -0.25) is 4.57 Å². The lowest BCUT2D eigenvalue weighted by molar-refractivity contribution is -0.140. The molecule has 0 aromatic carbocycles. The molecule has 0 radical (unpaired) electrons. The average Bonchev–Trinajstić information content (AvgIpc) is 3.31. The van der Waals surface area contributed by atoms with Crippen LogP contribution in [0.5, 0.6) is 0 Å². The Hall–Kier alpha value is -3.06. The molecule has 10 nitrogen and oxygen atoms in total. The van der Waals surface area contributed by atoms with Gasteiger partial charge in [0.15, 0.2) is 28.5 Å². The van der Waals surface area contributed by atoms with E-state index in [-0.39, 0.29) is 29.3 Å². The van der Waals surface area contributed by atoms with Gasteiger partial charge in [-0.2, -0.15) is 13.2 Å². The first-order chi connectivity index (χ1) is 18.7. The Morgan fingerprint density at radius 2 is 1.60 bits per heavy atom. The van der Waals surface area contributed by atoms with Crippen molar-refractivity contribution in [2.24, 2.45) is 0 Å². The van der Waals surface area contributed by atoms with Gasteiger partial charge in [0, 0.05) is 30.7 Å². The van der Waals surface area contributed by atoms with E-state index in [1.54, 1.807) is 6.33 Å². The number of hydrogen-bond donors (Lipinski definition) is 1. The van der Waals surface area contributed by atoms with Crippen LogP contribution in [0.4, 0.5) is 24.9 Å². The molecule has 3 aromatic rings. The summed E-state index contributed by atoms with van der Waals surface area (Å²) < 4.78 is 57.6. The van der Waals surface area contributed by atoms with E-state index >= 15 is 0 Å². The second-order valence-electron chi connectivity index (χ2n) is 12.4. The summed E-state index contributed by atoms with van der Waals surface area (Å²) in [6.07, 6.45) is -0.755. The van der Waals surface area contributed by atoms with Crippen LogP contribution in [0.25, 0.3) is 22.6 Å². The van der Waals surface area contributed by atoms with Crippen molar-refractivity contribution in [2.45, 2.75) is 84.2 Å². The summed E-state index contributed by atoms with van der Waals surface area (Å²) in [5.41, 5.74) is -1.50. The lowest BCUT2D eigenvalue weighted by Crippen LogP contribution is -2.37. The predicted molar refractivity (Wildman–Crippen MR) is 145 cm³/mol. The average molecular weight is 563 g/mol. The maximum absolute atomic E-state index is 14.8. The largest absolute Gasteiger partial charge is 0.434 e. The third-order valence-electron chi connectivity index (χ3n) is 6.78. The summed E-state index contributed by atoms with van der Waals surface area (Å²) in [6.45, 7) is 13.6. The Labute approximate surface area is 231 Å². The summed E-state index contributed by atoms with van der Waals surface area (Å²) in [5.74, 6) is 0.275. The van der Waals surface area contributed by atoms with Gasteiger partial charge >= 0.3 is 6.18 Å². The van der Waals surface area contributed by atoms with Crippen molar-refractivity contribution in [3.63, 3.8) is 0 Å². The molecule has 0 bridgehead atoms. The second-order valence-corrected chi connectivity index (χ2v) is 12.4. The number of fused-ring (bicyclic) bond motifs is 1. The first-order valence-corrected chi connectivity index (χ1v) is 13.7. The van der Waals surface area contributed by atoms with Crippen molar-refractivity contribution in [3.8, 4) is 11.4 Å². The van der Waals surface area contributed by atoms with Crippen LogP contribution < -0.4 is 10.2 Å². The highest BCUT2D eigenvalue weighted by molar-refractivity contribution is 5.86. The van der Waals surface area contributed by atoms with Crippen molar-refractivity contribution < 1.29 is 22.6 Å². The number of alkyl halides is 3. The fourth-order valence-electron chi connectivity index (χ4n) is 4.97. The number of nitrogens with zero attached hydrogens (tertiary/aromatic N) is 7. The van der Waals surface area contributed by atoms with Crippen LogP contribution in [-0.4, -0.2) is 67.9 Å². The summed E-state index contributed by atoms with van der Waals surface area (Å²) in [5, 5.41) is 3.01. The molecule has 1 unspecified atom stereocenters. The van der Waals surface area contributed by atoms with Crippen molar-refractivity contribution in [1.82, 2.24) is 29.5 Å². The fourth-order valence-corrected chi connectivity index (χ4v) is 4.97. The molecule has 0 saturated carbocycles. The Morgan fingerprint density at radius 3 is 2.20 bits per heavy atom. The van der Waals surface area contributed by atoms with Crippen LogP contribution in [0, 0.1) is 0 Å². The van der Waals surface area contributed by atoms with Gasteiger partial charge in [-0.1, -0.05) is 20.8 Å². The van der Waals surface area contributed by atoms with E-state index in [4.69, 9.17) is 19.4 Å². The Balaban J connectivity index is 1.80. The lowest BCUT2D eigenvalue weighted by atomic mass is 9.87. The van der Waals surface area contributed by atoms with Gasteiger partial charge in [0.25, 0.3) is 0 Å². The van der Waals surface area contributed by atoms with Gasteiger partial charge in [0.2, 0.25) is 5.95 Å². The van der Waals surface area contributed by atoms with E-state index in [2.05, 4.69) is 20.3 Å². The number of halogens is 3. The molecule has 2 saturated heterocycles. The second kappa shape index (κ2) is 10.4. The first kappa shape index (κ1) is 28.5. The molecule has 2 fully saturated rings. The maximum Gasteiger partial charge on any atom is 0.434 e. The molecule has 5 heterocycles. The van der Waals surface area contributed by atoms with Crippen molar-refractivity contribution in [2.75, 3.05) is 43.1 Å². The smallest absolute Gasteiger partial charge is 0.378 e.